The molecule has 30 heavy (non-hydrogen) atoms. The molecule has 2 N–H and O–H groups in total. The zero-order valence-electron chi connectivity index (χ0n) is 16.5. The fourth-order valence-electron chi connectivity index (χ4n) is 3.36. The van der Waals surface area contributed by atoms with E-state index in [0.717, 1.165) is 37.4 Å². The SMILES string of the molecule is CCc1nccn1C1CCCN(Cc2ccc(C(=O)O)cc2)C1.O=C(O)C(F)(F)F. The predicted octanol–water partition coefficient (Wildman–Crippen LogP) is 3.61. The van der Waals surface area contributed by atoms with E-state index in [1.54, 1.807) is 12.1 Å². The van der Waals surface area contributed by atoms with Crippen LogP contribution in [0.2, 0.25) is 0 Å². The molecule has 1 unspecified atom stereocenters. The van der Waals surface area contributed by atoms with Crippen molar-refractivity contribution in [3.8, 4) is 0 Å². The predicted molar refractivity (Wildman–Crippen MR) is 102 cm³/mol. The Morgan fingerprint density at radius 3 is 2.37 bits per heavy atom. The van der Waals surface area contributed by atoms with E-state index in [4.69, 9.17) is 15.0 Å². The molecular formula is C20H24F3N3O4. The van der Waals surface area contributed by atoms with Gasteiger partial charge in [0.1, 0.15) is 5.82 Å². The highest BCUT2D eigenvalue weighted by Gasteiger charge is 2.38. The Hall–Kier alpha value is -2.88. The van der Waals surface area contributed by atoms with Crippen LogP contribution in [-0.2, 0) is 17.8 Å². The van der Waals surface area contributed by atoms with Crippen molar-refractivity contribution in [2.75, 3.05) is 13.1 Å². The largest absolute Gasteiger partial charge is 0.490 e. The molecule has 1 aliphatic rings. The van der Waals surface area contributed by atoms with Gasteiger partial charge in [-0.2, -0.15) is 13.2 Å². The van der Waals surface area contributed by atoms with Gasteiger partial charge >= 0.3 is 18.1 Å². The summed E-state index contributed by atoms with van der Waals surface area (Å²) in [5.74, 6) is -2.48. The molecule has 1 fully saturated rings. The van der Waals surface area contributed by atoms with Crippen LogP contribution in [0.15, 0.2) is 36.7 Å². The number of aryl methyl sites for hydroxylation is 1. The second kappa shape index (κ2) is 10.2. The number of piperidine rings is 1. The highest BCUT2D eigenvalue weighted by molar-refractivity contribution is 5.87. The number of likely N-dealkylation sites (tertiary alicyclic amines) is 1. The second-order valence-corrected chi connectivity index (χ2v) is 6.94. The minimum absolute atomic E-state index is 0.344. The fourth-order valence-corrected chi connectivity index (χ4v) is 3.36. The van der Waals surface area contributed by atoms with Gasteiger partial charge in [0, 0.05) is 37.9 Å². The lowest BCUT2D eigenvalue weighted by atomic mass is 10.0. The summed E-state index contributed by atoms with van der Waals surface area (Å²) in [7, 11) is 0. The maximum atomic E-state index is 10.9. The van der Waals surface area contributed by atoms with Gasteiger partial charge in [0.25, 0.3) is 0 Å². The van der Waals surface area contributed by atoms with Gasteiger partial charge in [0.15, 0.2) is 0 Å². The molecule has 2 aromatic rings. The van der Waals surface area contributed by atoms with Crippen LogP contribution in [0.5, 0.6) is 0 Å². The lowest BCUT2D eigenvalue weighted by molar-refractivity contribution is -0.192. The molecular weight excluding hydrogens is 403 g/mol. The van der Waals surface area contributed by atoms with Crippen molar-refractivity contribution < 1.29 is 33.0 Å². The number of carboxylic acids is 2. The molecule has 7 nitrogen and oxygen atoms in total. The zero-order chi connectivity index (χ0) is 22.3. The van der Waals surface area contributed by atoms with Gasteiger partial charge in [0.05, 0.1) is 5.56 Å². The van der Waals surface area contributed by atoms with Gasteiger partial charge in [-0.15, -0.1) is 0 Å². The minimum Gasteiger partial charge on any atom is -0.478 e. The van der Waals surface area contributed by atoms with Gasteiger partial charge in [-0.25, -0.2) is 14.6 Å². The fraction of sp³-hybridized carbons (Fsp3) is 0.450. The average Bonchev–Trinajstić information content (AvgIpc) is 3.17. The van der Waals surface area contributed by atoms with Crippen molar-refractivity contribution in [1.82, 2.24) is 14.5 Å². The first-order valence-corrected chi connectivity index (χ1v) is 9.48. The number of imidazole rings is 1. The number of rotatable bonds is 5. The van der Waals surface area contributed by atoms with Crippen LogP contribution in [0, 0.1) is 0 Å². The van der Waals surface area contributed by atoms with Gasteiger partial charge in [0.2, 0.25) is 0 Å². The highest BCUT2D eigenvalue weighted by atomic mass is 19.4. The molecule has 10 heteroatoms. The lowest BCUT2D eigenvalue weighted by Gasteiger charge is -2.34. The maximum Gasteiger partial charge on any atom is 0.490 e. The van der Waals surface area contributed by atoms with Crippen molar-refractivity contribution in [2.45, 2.75) is 44.9 Å². The van der Waals surface area contributed by atoms with E-state index in [1.807, 2.05) is 18.3 Å². The van der Waals surface area contributed by atoms with Crippen LogP contribution in [0.1, 0.15) is 47.6 Å². The monoisotopic (exact) mass is 427 g/mol. The summed E-state index contributed by atoms with van der Waals surface area (Å²) in [5.41, 5.74) is 1.51. The molecule has 1 aromatic heterocycles. The Balaban J connectivity index is 0.000000396. The van der Waals surface area contributed by atoms with Crippen LogP contribution in [0.3, 0.4) is 0 Å². The van der Waals surface area contributed by atoms with Gasteiger partial charge in [-0.3, -0.25) is 4.90 Å². The summed E-state index contributed by atoms with van der Waals surface area (Å²) in [5, 5.41) is 16.1. The van der Waals surface area contributed by atoms with Crippen molar-refractivity contribution in [1.29, 1.82) is 0 Å². The normalized spacial score (nSPS) is 17.1. The summed E-state index contributed by atoms with van der Waals surface area (Å²) in [6.45, 7) is 5.12. The third-order valence-electron chi connectivity index (χ3n) is 4.79. The number of hydrogen-bond acceptors (Lipinski definition) is 4. The first-order chi connectivity index (χ1) is 14.1. The van der Waals surface area contributed by atoms with Crippen LogP contribution in [0.25, 0.3) is 0 Å². The van der Waals surface area contributed by atoms with E-state index < -0.39 is 18.1 Å². The van der Waals surface area contributed by atoms with E-state index in [0.29, 0.717) is 11.6 Å². The summed E-state index contributed by atoms with van der Waals surface area (Å²) in [4.78, 5) is 26.7. The third-order valence-corrected chi connectivity index (χ3v) is 4.79. The van der Waals surface area contributed by atoms with E-state index >= 15 is 0 Å². The number of carboxylic acid groups (broad SMARTS) is 2. The average molecular weight is 427 g/mol. The van der Waals surface area contributed by atoms with Gasteiger partial charge in [-0.05, 0) is 37.1 Å². The van der Waals surface area contributed by atoms with E-state index in [9.17, 15) is 18.0 Å². The number of aliphatic carboxylic acids is 1. The number of hydrogen-bond donors (Lipinski definition) is 2. The van der Waals surface area contributed by atoms with Crippen molar-refractivity contribution >= 4 is 11.9 Å². The number of halogens is 3. The summed E-state index contributed by atoms with van der Waals surface area (Å²) < 4.78 is 34.1. The quantitative estimate of drug-likeness (QED) is 0.757. The van der Waals surface area contributed by atoms with Gasteiger partial charge in [-0.1, -0.05) is 19.1 Å². The van der Waals surface area contributed by atoms with Crippen molar-refractivity contribution in [2.24, 2.45) is 0 Å². The zero-order valence-corrected chi connectivity index (χ0v) is 16.5. The molecule has 1 saturated heterocycles. The number of nitrogens with zero attached hydrogens (tertiary/aromatic N) is 3. The molecule has 0 amide bonds. The number of alkyl halides is 3. The Morgan fingerprint density at radius 1 is 1.20 bits per heavy atom. The van der Waals surface area contributed by atoms with Gasteiger partial charge < -0.3 is 14.8 Å². The smallest absolute Gasteiger partial charge is 0.478 e. The molecule has 0 bridgehead atoms. The van der Waals surface area contributed by atoms with Crippen LogP contribution in [0.4, 0.5) is 13.2 Å². The Kier molecular flexibility index (Phi) is 7.99. The molecule has 0 saturated carbocycles. The molecule has 164 valence electrons. The van der Waals surface area contributed by atoms with Crippen molar-refractivity contribution in [3.63, 3.8) is 0 Å². The molecule has 0 spiro atoms. The number of carbonyl (C=O) groups is 2. The molecule has 0 aliphatic carbocycles. The molecule has 2 heterocycles. The first kappa shape index (κ1) is 23.4. The Bertz CT molecular complexity index is 850. The van der Waals surface area contributed by atoms with E-state index in [2.05, 4.69) is 27.6 Å². The van der Waals surface area contributed by atoms with Crippen LogP contribution in [-0.4, -0.2) is 55.9 Å². The highest BCUT2D eigenvalue weighted by Crippen LogP contribution is 2.24. The summed E-state index contributed by atoms with van der Waals surface area (Å²) in [6.07, 6.45) is 2.23. The molecule has 0 radical (unpaired) electrons. The minimum atomic E-state index is -5.08. The molecule has 1 atom stereocenters. The maximum absolute atomic E-state index is 10.9. The van der Waals surface area contributed by atoms with Crippen LogP contribution >= 0.6 is 0 Å². The number of aromatic carboxylic acids is 1. The molecule has 1 aliphatic heterocycles. The number of aromatic nitrogens is 2. The van der Waals surface area contributed by atoms with E-state index in [-0.39, 0.29) is 0 Å². The Labute approximate surface area is 171 Å². The van der Waals surface area contributed by atoms with Crippen molar-refractivity contribution in [3.05, 3.63) is 53.6 Å². The topological polar surface area (TPSA) is 95.7 Å². The summed E-state index contributed by atoms with van der Waals surface area (Å²) in [6, 6.07) is 7.69. The summed E-state index contributed by atoms with van der Waals surface area (Å²) >= 11 is 0. The third kappa shape index (κ3) is 6.58. The van der Waals surface area contributed by atoms with Crippen LogP contribution < -0.4 is 0 Å². The first-order valence-electron chi connectivity index (χ1n) is 9.48. The standard InChI is InChI=1S/C18H23N3O2.C2HF3O2/c1-2-17-19-9-11-21(17)16-4-3-10-20(13-16)12-14-5-7-15(8-6-14)18(22)23;3-2(4,5)1(6)7/h5-9,11,16H,2-4,10,12-13H2,1H3,(H,22,23);(H,6,7). The van der Waals surface area contributed by atoms with E-state index in [1.165, 1.54) is 12.8 Å². The molecule has 1 aromatic carbocycles. The lowest BCUT2D eigenvalue weighted by Crippen LogP contribution is -2.36. The Morgan fingerprint density at radius 2 is 1.83 bits per heavy atom. The molecule has 3 rings (SSSR count). The number of benzene rings is 1. The second-order valence-electron chi connectivity index (χ2n) is 6.94.